The van der Waals surface area contributed by atoms with E-state index in [2.05, 4.69) is 0 Å². The lowest BCUT2D eigenvalue weighted by Gasteiger charge is -2.22. The molecule has 0 spiro atoms. The molecule has 0 atom stereocenters. The van der Waals surface area contributed by atoms with Gasteiger partial charge in [-0.2, -0.15) is 13.2 Å². The van der Waals surface area contributed by atoms with Gasteiger partial charge >= 0.3 is 6.18 Å². The molecule has 0 bridgehead atoms. The van der Waals surface area contributed by atoms with Crippen LogP contribution in [0.2, 0.25) is 0 Å². The second-order valence-electron chi connectivity index (χ2n) is 4.17. The predicted molar refractivity (Wildman–Crippen MR) is 58.6 cm³/mol. The summed E-state index contributed by atoms with van der Waals surface area (Å²) < 4.78 is 51.1. The summed E-state index contributed by atoms with van der Waals surface area (Å²) in [6, 6.07) is 2.45. The van der Waals surface area contributed by atoms with E-state index >= 15 is 0 Å². The van der Waals surface area contributed by atoms with Crippen LogP contribution < -0.4 is 0 Å². The molecule has 1 amide bonds. The van der Waals surface area contributed by atoms with Crippen molar-refractivity contribution in [3.63, 3.8) is 0 Å². The number of carbonyl (C=O) groups excluding carboxylic acids is 1. The van der Waals surface area contributed by atoms with Crippen LogP contribution in [0.3, 0.4) is 0 Å². The summed E-state index contributed by atoms with van der Waals surface area (Å²) in [6.45, 7) is 3.37. The first-order valence-electron chi connectivity index (χ1n) is 5.29. The van der Waals surface area contributed by atoms with Crippen LogP contribution >= 0.6 is 0 Å². The molecule has 0 aliphatic carbocycles. The average Bonchev–Trinajstić information content (AvgIpc) is 2.25. The maximum atomic E-state index is 13.7. The van der Waals surface area contributed by atoms with Crippen molar-refractivity contribution in [2.75, 3.05) is 7.05 Å². The molecule has 0 saturated heterocycles. The summed E-state index contributed by atoms with van der Waals surface area (Å²) in [6.07, 6.45) is -4.81. The lowest BCUT2D eigenvalue weighted by atomic mass is 10.1. The van der Waals surface area contributed by atoms with Gasteiger partial charge in [0, 0.05) is 13.1 Å². The number of rotatable bonds is 2. The van der Waals surface area contributed by atoms with Crippen molar-refractivity contribution >= 4 is 5.91 Å². The van der Waals surface area contributed by atoms with Gasteiger partial charge in [0.25, 0.3) is 5.91 Å². The molecule has 0 saturated carbocycles. The fourth-order valence-corrected chi connectivity index (χ4v) is 1.34. The quantitative estimate of drug-likeness (QED) is 0.749. The molecule has 0 unspecified atom stereocenters. The van der Waals surface area contributed by atoms with Gasteiger partial charge in [0.1, 0.15) is 5.82 Å². The first kappa shape index (κ1) is 14.5. The molecule has 18 heavy (non-hydrogen) atoms. The van der Waals surface area contributed by atoms with Gasteiger partial charge in [0.15, 0.2) is 0 Å². The van der Waals surface area contributed by atoms with Crippen molar-refractivity contribution in [3.8, 4) is 0 Å². The molecule has 0 fully saturated rings. The summed E-state index contributed by atoms with van der Waals surface area (Å²) in [4.78, 5) is 13.0. The molecule has 100 valence electrons. The number of nitrogens with zero attached hydrogens (tertiary/aromatic N) is 1. The van der Waals surface area contributed by atoms with Gasteiger partial charge in [-0.05, 0) is 26.0 Å². The largest absolute Gasteiger partial charge is 0.419 e. The van der Waals surface area contributed by atoms with E-state index in [9.17, 15) is 22.4 Å². The van der Waals surface area contributed by atoms with Crippen molar-refractivity contribution in [2.24, 2.45) is 0 Å². The van der Waals surface area contributed by atoms with Crippen LogP contribution in [0.4, 0.5) is 17.6 Å². The Labute approximate surface area is 102 Å². The maximum Gasteiger partial charge on any atom is 0.419 e. The summed E-state index contributed by atoms with van der Waals surface area (Å²) in [5.74, 6) is -2.30. The van der Waals surface area contributed by atoms with Crippen LogP contribution in [0.25, 0.3) is 0 Å². The van der Waals surface area contributed by atoms with E-state index in [1.165, 1.54) is 11.9 Å². The van der Waals surface area contributed by atoms with Gasteiger partial charge in [0.2, 0.25) is 0 Å². The van der Waals surface area contributed by atoms with Crippen LogP contribution in [0, 0.1) is 5.82 Å². The number of carbonyl (C=O) groups is 1. The summed E-state index contributed by atoms with van der Waals surface area (Å²) in [5, 5.41) is 0. The van der Waals surface area contributed by atoms with Crippen molar-refractivity contribution in [2.45, 2.75) is 26.1 Å². The third-order valence-corrected chi connectivity index (χ3v) is 2.63. The highest BCUT2D eigenvalue weighted by Gasteiger charge is 2.36. The second kappa shape index (κ2) is 4.96. The van der Waals surface area contributed by atoms with Gasteiger partial charge in [-0.25, -0.2) is 4.39 Å². The summed E-state index contributed by atoms with van der Waals surface area (Å²) >= 11 is 0. The topological polar surface area (TPSA) is 20.3 Å². The Hall–Kier alpha value is -1.59. The van der Waals surface area contributed by atoms with Gasteiger partial charge in [-0.1, -0.05) is 6.07 Å². The fraction of sp³-hybridized carbons (Fsp3) is 0.417. The molecule has 0 aliphatic heterocycles. The van der Waals surface area contributed by atoms with E-state index in [0.717, 1.165) is 12.1 Å². The van der Waals surface area contributed by atoms with Crippen molar-refractivity contribution in [1.82, 2.24) is 4.90 Å². The number of hydrogen-bond acceptors (Lipinski definition) is 1. The van der Waals surface area contributed by atoms with Gasteiger partial charge in [-0.3, -0.25) is 4.79 Å². The highest BCUT2D eigenvalue weighted by atomic mass is 19.4. The molecule has 1 rings (SSSR count). The minimum absolute atomic E-state index is 0.230. The fourth-order valence-electron chi connectivity index (χ4n) is 1.34. The Morgan fingerprint density at radius 2 is 1.83 bits per heavy atom. The van der Waals surface area contributed by atoms with E-state index in [1.807, 2.05) is 0 Å². The van der Waals surface area contributed by atoms with E-state index < -0.39 is 29.0 Å². The Morgan fingerprint density at radius 1 is 1.28 bits per heavy atom. The molecule has 0 heterocycles. The molecule has 2 nitrogen and oxygen atoms in total. The zero-order valence-corrected chi connectivity index (χ0v) is 10.2. The lowest BCUT2D eigenvalue weighted by Crippen LogP contribution is -2.33. The van der Waals surface area contributed by atoms with Crippen molar-refractivity contribution in [3.05, 3.63) is 35.1 Å². The van der Waals surface area contributed by atoms with E-state index in [0.29, 0.717) is 6.07 Å². The molecular weight excluding hydrogens is 250 g/mol. The number of halogens is 4. The Bertz CT molecular complexity index is 454. The molecule has 0 radical (unpaired) electrons. The Balaban J connectivity index is 3.24. The van der Waals surface area contributed by atoms with Gasteiger partial charge < -0.3 is 4.90 Å². The number of benzene rings is 1. The van der Waals surface area contributed by atoms with Crippen LogP contribution in [-0.2, 0) is 6.18 Å². The predicted octanol–water partition coefficient (Wildman–Crippen LogP) is 3.32. The van der Waals surface area contributed by atoms with Crippen LogP contribution in [0.5, 0.6) is 0 Å². The van der Waals surface area contributed by atoms with E-state index in [4.69, 9.17) is 0 Å². The first-order chi connectivity index (χ1) is 8.16. The SMILES string of the molecule is CC(C)N(C)C(=O)c1cccc(C(F)(F)F)c1F. The van der Waals surface area contributed by atoms with Crippen LogP contribution in [0.1, 0.15) is 29.8 Å². The molecule has 0 aliphatic rings. The zero-order chi connectivity index (χ0) is 14.1. The summed E-state index contributed by atoms with van der Waals surface area (Å²) in [5.41, 5.74) is -1.99. The number of alkyl halides is 3. The molecular formula is C12H13F4NO. The normalized spacial score (nSPS) is 11.8. The zero-order valence-electron chi connectivity index (χ0n) is 10.2. The Morgan fingerprint density at radius 3 is 2.28 bits per heavy atom. The molecule has 1 aromatic carbocycles. The lowest BCUT2D eigenvalue weighted by molar-refractivity contribution is -0.140. The van der Waals surface area contributed by atoms with Crippen LogP contribution in [0.15, 0.2) is 18.2 Å². The monoisotopic (exact) mass is 263 g/mol. The Kier molecular flexibility index (Phi) is 3.98. The average molecular weight is 263 g/mol. The van der Waals surface area contributed by atoms with Crippen molar-refractivity contribution in [1.29, 1.82) is 0 Å². The van der Waals surface area contributed by atoms with Crippen LogP contribution in [-0.4, -0.2) is 23.9 Å². The number of hydrogen-bond donors (Lipinski definition) is 0. The standard InChI is InChI=1S/C12H13F4NO/c1-7(2)17(3)11(18)8-5-4-6-9(10(8)13)12(14,15)16/h4-7H,1-3H3. The minimum Gasteiger partial charge on any atom is -0.339 e. The molecule has 0 aromatic heterocycles. The van der Waals surface area contributed by atoms with E-state index in [-0.39, 0.29) is 6.04 Å². The highest BCUT2D eigenvalue weighted by molar-refractivity contribution is 5.94. The second-order valence-corrected chi connectivity index (χ2v) is 4.17. The molecule has 0 N–H and O–H groups in total. The highest BCUT2D eigenvalue weighted by Crippen LogP contribution is 2.32. The molecule has 6 heteroatoms. The minimum atomic E-state index is -4.81. The molecule has 1 aromatic rings. The first-order valence-corrected chi connectivity index (χ1v) is 5.29. The summed E-state index contributed by atoms with van der Waals surface area (Å²) in [7, 11) is 1.41. The van der Waals surface area contributed by atoms with Gasteiger partial charge in [0.05, 0.1) is 11.1 Å². The van der Waals surface area contributed by atoms with Crippen molar-refractivity contribution < 1.29 is 22.4 Å². The third-order valence-electron chi connectivity index (χ3n) is 2.63. The number of amides is 1. The van der Waals surface area contributed by atoms with Gasteiger partial charge in [-0.15, -0.1) is 0 Å². The smallest absolute Gasteiger partial charge is 0.339 e. The van der Waals surface area contributed by atoms with E-state index in [1.54, 1.807) is 13.8 Å². The maximum absolute atomic E-state index is 13.7. The third kappa shape index (κ3) is 2.80.